The second-order valence-corrected chi connectivity index (χ2v) is 5.23. The minimum atomic E-state index is 1.17. The molecule has 0 saturated carbocycles. The molecule has 0 unspecified atom stereocenters. The Morgan fingerprint density at radius 2 is 1.19 bits per heavy atom. The third kappa shape index (κ3) is 7.10. The van der Waals surface area contributed by atoms with Gasteiger partial charge >= 0.3 is 0 Å². The van der Waals surface area contributed by atoms with Crippen molar-refractivity contribution >= 4 is 15.9 Å². The van der Waals surface area contributed by atoms with Gasteiger partial charge in [0.25, 0.3) is 0 Å². The number of nitrogens with zero attached hydrogens (tertiary/aromatic N) is 1. The zero-order valence-corrected chi connectivity index (χ0v) is 11.8. The van der Waals surface area contributed by atoms with Crippen LogP contribution >= 0.6 is 15.9 Å². The molecule has 0 atom stereocenters. The average molecular weight is 286 g/mol. The zero-order valence-electron chi connectivity index (χ0n) is 10.2. The van der Waals surface area contributed by atoms with Gasteiger partial charge in [0.1, 0.15) is 0 Å². The Morgan fingerprint density at radius 3 is 1.75 bits per heavy atom. The molecule has 0 fully saturated rings. The van der Waals surface area contributed by atoms with Crippen molar-refractivity contribution in [3.8, 4) is 0 Å². The summed E-state index contributed by atoms with van der Waals surface area (Å²) in [4.78, 5) is 0. The van der Waals surface area contributed by atoms with Crippen LogP contribution in [0.25, 0.3) is 0 Å². The Kier molecular flexibility index (Phi) is 8.60. The van der Waals surface area contributed by atoms with E-state index in [1.807, 2.05) is 0 Å². The van der Waals surface area contributed by atoms with Crippen LogP contribution in [0.2, 0.25) is 0 Å². The molecule has 0 aromatic carbocycles. The van der Waals surface area contributed by atoms with Crippen LogP contribution in [-0.2, 0) is 6.54 Å². The fraction of sp³-hybridized carbons (Fsp3) is 0.714. The minimum absolute atomic E-state index is 1.17. The predicted octanol–water partition coefficient (Wildman–Crippen LogP) is 5.00. The van der Waals surface area contributed by atoms with E-state index in [9.17, 15) is 0 Å². The van der Waals surface area contributed by atoms with Gasteiger partial charge in [-0.25, -0.2) is 0 Å². The van der Waals surface area contributed by atoms with Crippen molar-refractivity contribution in [3.05, 3.63) is 24.5 Å². The maximum Gasteiger partial charge on any atom is 0.0219 e. The molecule has 1 aromatic rings. The molecule has 0 N–H and O–H groups in total. The summed E-state index contributed by atoms with van der Waals surface area (Å²) in [6, 6.07) is 4.20. The average Bonchev–Trinajstić information content (AvgIpc) is 2.80. The Labute approximate surface area is 108 Å². The van der Waals surface area contributed by atoms with Crippen LogP contribution in [0.3, 0.4) is 0 Å². The minimum Gasteiger partial charge on any atom is -0.354 e. The van der Waals surface area contributed by atoms with Gasteiger partial charge in [-0.1, -0.05) is 54.5 Å². The smallest absolute Gasteiger partial charge is 0.0219 e. The first-order valence-corrected chi connectivity index (χ1v) is 7.72. The summed E-state index contributed by atoms with van der Waals surface area (Å²) in [6.45, 7) is 1.19. The fourth-order valence-electron chi connectivity index (χ4n) is 1.97. The molecule has 0 aliphatic carbocycles. The van der Waals surface area contributed by atoms with Crippen molar-refractivity contribution in [2.45, 2.75) is 57.9 Å². The zero-order chi connectivity index (χ0) is 11.5. The van der Waals surface area contributed by atoms with Gasteiger partial charge in [-0.05, 0) is 25.0 Å². The fourth-order valence-corrected chi connectivity index (χ4v) is 2.37. The molecule has 1 aromatic heterocycles. The number of hydrogen-bond acceptors (Lipinski definition) is 0. The molecule has 16 heavy (non-hydrogen) atoms. The lowest BCUT2D eigenvalue weighted by molar-refractivity contribution is 0.545. The van der Waals surface area contributed by atoms with Crippen molar-refractivity contribution in [1.82, 2.24) is 4.57 Å². The molecular weight excluding hydrogens is 262 g/mol. The molecular formula is C14H24BrN. The summed E-state index contributed by atoms with van der Waals surface area (Å²) in [7, 11) is 0. The number of aromatic nitrogens is 1. The largest absolute Gasteiger partial charge is 0.354 e. The maximum absolute atomic E-state index is 3.47. The summed E-state index contributed by atoms with van der Waals surface area (Å²) in [6.07, 6.45) is 15.4. The molecule has 0 amide bonds. The number of alkyl halides is 1. The highest BCUT2D eigenvalue weighted by Crippen LogP contribution is 2.09. The van der Waals surface area contributed by atoms with Gasteiger partial charge in [0.2, 0.25) is 0 Å². The van der Waals surface area contributed by atoms with Crippen molar-refractivity contribution < 1.29 is 0 Å². The molecule has 0 spiro atoms. The second-order valence-electron chi connectivity index (χ2n) is 4.44. The van der Waals surface area contributed by atoms with E-state index < -0.39 is 0 Å². The van der Waals surface area contributed by atoms with E-state index in [2.05, 4.69) is 45.0 Å². The summed E-state index contributed by atoms with van der Waals surface area (Å²) in [5.74, 6) is 0. The lowest BCUT2D eigenvalue weighted by atomic mass is 10.1. The van der Waals surface area contributed by atoms with Crippen LogP contribution in [-0.4, -0.2) is 9.90 Å². The van der Waals surface area contributed by atoms with Crippen LogP contribution < -0.4 is 0 Å². The van der Waals surface area contributed by atoms with Gasteiger partial charge < -0.3 is 4.57 Å². The Balaban J connectivity index is 1.78. The van der Waals surface area contributed by atoms with Crippen LogP contribution in [0.1, 0.15) is 51.4 Å². The number of hydrogen-bond donors (Lipinski definition) is 0. The Morgan fingerprint density at radius 1 is 0.688 bits per heavy atom. The van der Waals surface area contributed by atoms with Crippen LogP contribution in [0.15, 0.2) is 24.5 Å². The van der Waals surface area contributed by atoms with Gasteiger partial charge in [-0.3, -0.25) is 0 Å². The van der Waals surface area contributed by atoms with Crippen molar-refractivity contribution in [2.24, 2.45) is 0 Å². The quantitative estimate of drug-likeness (QED) is 0.421. The highest BCUT2D eigenvalue weighted by atomic mass is 79.9. The van der Waals surface area contributed by atoms with Gasteiger partial charge in [0, 0.05) is 24.3 Å². The first-order valence-electron chi connectivity index (χ1n) is 6.60. The SMILES string of the molecule is BrCCCCCCCCCCn1cccc1. The van der Waals surface area contributed by atoms with Gasteiger partial charge in [-0.2, -0.15) is 0 Å². The maximum atomic E-state index is 3.47. The third-order valence-corrected chi connectivity index (χ3v) is 3.53. The van der Waals surface area contributed by atoms with Crippen LogP contribution in [0, 0.1) is 0 Å². The lowest BCUT2D eigenvalue weighted by Crippen LogP contribution is -1.93. The molecule has 1 heterocycles. The van der Waals surface area contributed by atoms with Crippen molar-refractivity contribution in [3.63, 3.8) is 0 Å². The predicted molar refractivity (Wildman–Crippen MR) is 75.2 cm³/mol. The van der Waals surface area contributed by atoms with E-state index in [1.165, 1.54) is 63.2 Å². The summed E-state index contributed by atoms with van der Waals surface area (Å²) in [5, 5.41) is 1.17. The first-order chi connectivity index (χ1) is 7.93. The van der Waals surface area contributed by atoms with E-state index >= 15 is 0 Å². The van der Waals surface area contributed by atoms with Crippen LogP contribution in [0.4, 0.5) is 0 Å². The van der Waals surface area contributed by atoms with Crippen molar-refractivity contribution in [1.29, 1.82) is 0 Å². The monoisotopic (exact) mass is 285 g/mol. The first kappa shape index (κ1) is 13.8. The topological polar surface area (TPSA) is 4.93 Å². The molecule has 0 aliphatic heterocycles. The standard InChI is InChI=1S/C14H24BrN/c15-11-7-5-3-1-2-4-6-8-12-16-13-9-10-14-16/h9-10,13-14H,1-8,11-12H2. The number of rotatable bonds is 10. The molecule has 0 saturated heterocycles. The summed E-state index contributed by atoms with van der Waals surface area (Å²) < 4.78 is 2.27. The number of aryl methyl sites for hydroxylation is 1. The van der Waals surface area contributed by atoms with Crippen LogP contribution in [0.5, 0.6) is 0 Å². The number of halogens is 1. The summed E-state index contributed by atoms with van der Waals surface area (Å²) in [5.41, 5.74) is 0. The molecule has 1 rings (SSSR count). The Bertz CT molecular complexity index is 231. The van der Waals surface area contributed by atoms with Gasteiger partial charge in [0.05, 0.1) is 0 Å². The highest BCUT2D eigenvalue weighted by molar-refractivity contribution is 9.09. The molecule has 1 nitrogen and oxygen atoms in total. The van der Waals surface area contributed by atoms with E-state index in [-0.39, 0.29) is 0 Å². The van der Waals surface area contributed by atoms with E-state index in [0.29, 0.717) is 0 Å². The molecule has 0 radical (unpaired) electrons. The lowest BCUT2D eigenvalue weighted by Gasteiger charge is -2.03. The normalized spacial score (nSPS) is 10.8. The summed E-state index contributed by atoms with van der Waals surface area (Å²) >= 11 is 3.47. The molecule has 2 heteroatoms. The second kappa shape index (κ2) is 9.95. The third-order valence-electron chi connectivity index (χ3n) is 2.97. The van der Waals surface area contributed by atoms with Gasteiger partial charge in [0.15, 0.2) is 0 Å². The molecule has 0 bridgehead atoms. The van der Waals surface area contributed by atoms with Crippen molar-refractivity contribution in [2.75, 3.05) is 5.33 Å². The van der Waals surface area contributed by atoms with Gasteiger partial charge in [-0.15, -0.1) is 0 Å². The highest BCUT2D eigenvalue weighted by Gasteiger charge is 1.92. The van der Waals surface area contributed by atoms with E-state index in [1.54, 1.807) is 0 Å². The molecule has 92 valence electrons. The van der Waals surface area contributed by atoms with E-state index in [4.69, 9.17) is 0 Å². The Hall–Kier alpha value is -0.240. The van der Waals surface area contributed by atoms with E-state index in [0.717, 1.165) is 0 Å². The number of unbranched alkanes of at least 4 members (excludes halogenated alkanes) is 7. The molecule has 0 aliphatic rings.